The SMILES string of the molecule is O[C@H](COc1ccnc2cc(Cl)ccc12)CN1C[C@@H]2C/C=C\C[C@H]1CN2c1ccc2c(c1)Cc1ccccc1-2. The molecule has 1 aromatic heterocycles. The number of hydrogen-bond acceptors (Lipinski definition) is 5. The summed E-state index contributed by atoms with van der Waals surface area (Å²) in [7, 11) is 0. The van der Waals surface area contributed by atoms with E-state index in [1.807, 2.05) is 24.3 Å². The second kappa shape index (κ2) is 10.3. The third kappa shape index (κ3) is 4.80. The molecule has 0 amide bonds. The summed E-state index contributed by atoms with van der Waals surface area (Å²) in [6.45, 7) is 2.72. The highest BCUT2D eigenvalue weighted by molar-refractivity contribution is 6.31. The molecule has 5 nitrogen and oxygen atoms in total. The highest BCUT2D eigenvalue weighted by atomic mass is 35.5. The topological polar surface area (TPSA) is 48.8 Å². The van der Waals surface area contributed by atoms with Gasteiger partial charge in [0, 0.05) is 54.0 Å². The van der Waals surface area contributed by atoms with E-state index in [-0.39, 0.29) is 6.61 Å². The van der Waals surface area contributed by atoms with Gasteiger partial charge >= 0.3 is 0 Å². The van der Waals surface area contributed by atoms with Crippen molar-refractivity contribution in [2.45, 2.75) is 37.5 Å². The van der Waals surface area contributed by atoms with Crippen molar-refractivity contribution < 1.29 is 9.84 Å². The summed E-state index contributed by atoms with van der Waals surface area (Å²) >= 11 is 6.12. The van der Waals surface area contributed by atoms with E-state index in [1.54, 1.807) is 6.20 Å². The van der Waals surface area contributed by atoms with Crippen LogP contribution >= 0.6 is 11.6 Å². The predicted molar refractivity (Wildman–Crippen MR) is 158 cm³/mol. The van der Waals surface area contributed by atoms with Crippen LogP contribution in [0.25, 0.3) is 22.0 Å². The van der Waals surface area contributed by atoms with E-state index >= 15 is 0 Å². The Bertz CT molecular complexity index is 1550. The fourth-order valence-corrected chi connectivity index (χ4v) is 6.69. The zero-order valence-electron chi connectivity index (χ0n) is 21.8. The largest absolute Gasteiger partial charge is 0.490 e. The Morgan fingerprint density at radius 3 is 2.69 bits per heavy atom. The summed E-state index contributed by atoms with van der Waals surface area (Å²) in [5, 5.41) is 12.6. The minimum Gasteiger partial charge on any atom is -0.490 e. The molecule has 3 aromatic carbocycles. The number of ether oxygens (including phenoxy) is 1. The molecule has 3 aliphatic heterocycles. The lowest BCUT2D eigenvalue weighted by atomic mass is 9.95. The van der Waals surface area contributed by atoms with Gasteiger partial charge in [0.2, 0.25) is 0 Å². The Morgan fingerprint density at radius 2 is 1.77 bits per heavy atom. The maximum Gasteiger partial charge on any atom is 0.130 e. The first kappa shape index (κ1) is 24.6. The van der Waals surface area contributed by atoms with Gasteiger partial charge in [0.25, 0.3) is 0 Å². The van der Waals surface area contributed by atoms with Crippen LogP contribution in [-0.4, -0.2) is 59.4 Å². The van der Waals surface area contributed by atoms with Gasteiger partial charge in [0.1, 0.15) is 18.5 Å². The van der Waals surface area contributed by atoms with Gasteiger partial charge in [0.15, 0.2) is 0 Å². The highest BCUT2D eigenvalue weighted by Gasteiger charge is 2.35. The molecule has 1 N–H and O–H groups in total. The molecule has 0 radical (unpaired) electrons. The van der Waals surface area contributed by atoms with Crippen molar-refractivity contribution in [3.63, 3.8) is 0 Å². The summed E-state index contributed by atoms with van der Waals surface area (Å²) in [6, 6.07) is 23.9. The molecule has 0 unspecified atom stereocenters. The smallest absolute Gasteiger partial charge is 0.130 e. The number of aliphatic hydroxyl groups is 1. The number of aliphatic hydroxyl groups excluding tert-OH is 1. The lowest BCUT2D eigenvalue weighted by molar-refractivity contribution is 0.0408. The molecule has 39 heavy (non-hydrogen) atoms. The first-order valence-corrected chi connectivity index (χ1v) is 14.2. The molecule has 198 valence electrons. The minimum absolute atomic E-state index is 0.237. The highest BCUT2D eigenvalue weighted by Crippen LogP contribution is 2.39. The van der Waals surface area contributed by atoms with Gasteiger partial charge in [-0.25, -0.2) is 0 Å². The van der Waals surface area contributed by atoms with Crippen molar-refractivity contribution in [3.05, 3.63) is 101 Å². The molecule has 0 saturated carbocycles. The summed E-state index contributed by atoms with van der Waals surface area (Å²) in [5.74, 6) is 0.720. The van der Waals surface area contributed by atoms with E-state index in [1.165, 1.54) is 27.9 Å². The van der Waals surface area contributed by atoms with E-state index in [4.69, 9.17) is 16.3 Å². The predicted octanol–water partition coefficient (Wildman–Crippen LogP) is 6.11. The van der Waals surface area contributed by atoms with Crippen LogP contribution in [0.3, 0.4) is 0 Å². The van der Waals surface area contributed by atoms with E-state index < -0.39 is 6.10 Å². The second-order valence-electron chi connectivity index (χ2n) is 11.0. The van der Waals surface area contributed by atoms with Crippen molar-refractivity contribution in [1.29, 1.82) is 0 Å². The number of piperazine rings is 1. The first-order valence-electron chi connectivity index (χ1n) is 13.8. The quantitative estimate of drug-likeness (QED) is 0.265. The molecule has 1 saturated heterocycles. The van der Waals surface area contributed by atoms with Crippen LogP contribution in [0.5, 0.6) is 5.75 Å². The van der Waals surface area contributed by atoms with E-state index in [2.05, 4.69) is 69.4 Å². The van der Waals surface area contributed by atoms with Crippen molar-refractivity contribution in [2.75, 3.05) is 31.1 Å². The molecule has 8 rings (SSSR count). The molecule has 4 aromatic rings. The van der Waals surface area contributed by atoms with Crippen LogP contribution in [0, 0.1) is 0 Å². The second-order valence-corrected chi connectivity index (χ2v) is 11.4. The summed E-state index contributed by atoms with van der Waals surface area (Å²) in [6.07, 6.45) is 8.80. The zero-order chi connectivity index (χ0) is 26.3. The number of fused-ring (bicyclic) bond motifs is 8. The molecule has 1 fully saturated rings. The monoisotopic (exact) mass is 537 g/mol. The van der Waals surface area contributed by atoms with Gasteiger partial charge in [-0.05, 0) is 77.9 Å². The van der Waals surface area contributed by atoms with Crippen molar-refractivity contribution >= 4 is 28.2 Å². The molecule has 2 bridgehead atoms. The van der Waals surface area contributed by atoms with Crippen LogP contribution in [0.1, 0.15) is 24.0 Å². The van der Waals surface area contributed by atoms with Crippen molar-refractivity contribution in [3.8, 4) is 16.9 Å². The number of anilines is 1. The van der Waals surface area contributed by atoms with Gasteiger partial charge in [-0.15, -0.1) is 0 Å². The lowest BCUT2D eigenvalue weighted by Gasteiger charge is -2.49. The Balaban J connectivity index is 1.04. The normalized spacial score (nSPS) is 21.7. The molecule has 4 heterocycles. The third-order valence-electron chi connectivity index (χ3n) is 8.44. The summed E-state index contributed by atoms with van der Waals surface area (Å²) in [4.78, 5) is 9.45. The number of nitrogens with zero attached hydrogens (tertiary/aromatic N) is 3. The van der Waals surface area contributed by atoms with E-state index in [9.17, 15) is 5.11 Å². The molecule has 3 atom stereocenters. The van der Waals surface area contributed by atoms with Crippen LogP contribution in [0.4, 0.5) is 5.69 Å². The van der Waals surface area contributed by atoms with Gasteiger partial charge in [-0.1, -0.05) is 54.1 Å². The average molecular weight is 538 g/mol. The Morgan fingerprint density at radius 1 is 0.923 bits per heavy atom. The van der Waals surface area contributed by atoms with Crippen LogP contribution < -0.4 is 9.64 Å². The maximum atomic E-state index is 11.0. The van der Waals surface area contributed by atoms with E-state index in [0.717, 1.165) is 49.0 Å². The van der Waals surface area contributed by atoms with Crippen molar-refractivity contribution in [1.82, 2.24) is 9.88 Å². The number of halogens is 1. The van der Waals surface area contributed by atoms with Crippen molar-refractivity contribution in [2.24, 2.45) is 0 Å². The zero-order valence-corrected chi connectivity index (χ0v) is 22.6. The minimum atomic E-state index is -0.586. The lowest BCUT2D eigenvalue weighted by Crippen LogP contribution is -2.60. The van der Waals surface area contributed by atoms with Crippen LogP contribution in [0.2, 0.25) is 5.02 Å². The number of rotatable bonds is 6. The van der Waals surface area contributed by atoms with Crippen LogP contribution in [-0.2, 0) is 6.42 Å². The summed E-state index contributed by atoms with van der Waals surface area (Å²) in [5.41, 5.74) is 7.71. The van der Waals surface area contributed by atoms with Gasteiger partial charge in [-0.3, -0.25) is 9.88 Å². The maximum absolute atomic E-state index is 11.0. The van der Waals surface area contributed by atoms with Crippen LogP contribution in [0.15, 0.2) is 85.1 Å². The summed E-state index contributed by atoms with van der Waals surface area (Å²) < 4.78 is 6.07. The number of aromatic nitrogens is 1. The molecule has 1 aliphatic carbocycles. The Hall–Kier alpha value is -3.38. The Kier molecular flexibility index (Phi) is 6.51. The molecular formula is C33H32ClN3O2. The standard InChI is InChI=1S/C33H32ClN3O2/c34-24-9-11-31-32(17-24)35-14-13-33(31)39-21-28(38)20-36-18-27-7-3-2-6-26(36)19-37(27)25-10-12-30-23(16-25)15-22-5-1-4-8-29(22)30/h1-5,8-14,16-17,26-28,38H,6-7,15,18-21H2/b3-2-/t26-,27-,28-/m0/s1. The van der Waals surface area contributed by atoms with Gasteiger partial charge in [0.05, 0.1) is 5.52 Å². The van der Waals surface area contributed by atoms with Gasteiger partial charge in [-0.2, -0.15) is 0 Å². The number of hydrogen-bond donors (Lipinski definition) is 1. The fourth-order valence-electron chi connectivity index (χ4n) is 6.52. The third-order valence-corrected chi connectivity index (χ3v) is 8.68. The van der Waals surface area contributed by atoms with Gasteiger partial charge < -0.3 is 14.7 Å². The molecule has 6 heteroatoms. The number of benzene rings is 3. The first-order chi connectivity index (χ1) is 19.1. The number of pyridine rings is 1. The molecule has 0 spiro atoms. The van der Waals surface area contributed by atoms with E-state index in [0.29, 0.717) is 23.7 Å². The average Bonchev–Trinajstić information content (AvgIpc) is 3.30. The Labute approximate surface area is 234 Å². The molecular weight excluding hydrogens is 506 g/mol. The molecule has 4 aliphatic rings. The fraction of sp³-hybridized carbons (Fsp3) is 0.303.